The third-order valence-corrected chi connectivity index (χ3v) is 3.21. The summed E-state index contributed by atoms with van der Waals surface area (Å²) in [5, 5.41) is 15.5. The number of nitrogens with zero attached hydrogens (tertiary/aromatic N) is 1. The number of nitrogens with one attached hydrogen (secondary N) is 1. The molecule has 0 saturated carbocycles. The SMILES string of the molecule is CCC(C)(NC(=O)c1c(C)noc1C(C)C)C(=O)O. The van der Waals surface area contributed by atoms with Gasteiger partial charge in [0.25, 0.3) is 5.91 Å². The van der Waals surface area contributed by atoms with Crippen LogP contribution in [0.4, 0.5) is 0 Å². The summed E-state index contributed by atoms with van der Waals surface area (Å²) < 4.78 is 5.13. The van der Waals surface area contributed by atoms with E-state index >= 15 is 0 Å². The highest BCUT2D eigenvalue weighted by atomic mass is 16.5. The fraction of sp³-hybridized carbons (Fsp3) is 0.615. The molecular weight excluding hydrogens is 248 g/mol. The van der Waals surface area contributed by atoms with Gasteiger partial charge in [0.05, 0.1) is 5.69 Å². The molecule has 1 aromatic heterocycles. The maximum Gasteiger partial charge on any atom is 0.329 e. The Balaban J connectivity index is 3.08. The smallest absolute Gasteiger partial charge is 0.329 e. The number of rotatable bonds is 5. The van der Waals surface area contributed by atoms with Crippen molar-refractivity contribution in [3.8, 4) is 0 Å². The molecule has 0 fully saturated rings. The first-order valence-corrected chi connectivity index (χ1v) is 6.25. The number of carbonyl (C=O) groups is 2. The lowest BCUT2D eigenvalue weighted by Crippen LogP contribution is -2.51. The molecule has 0 saturated heterocycles. The van der Waals surface area contributed by atoms with Gasteiger partial charge in [0.2, 0.25) is 0 Å². The second-order valence-electron chi connectivity index (χ2n) is 5.11. The molecule has 0 aliphatic heterocycles. The van der Waals surface area contributed by atoms with Crippen LogP contribution in [0.15, 0.2) is 4.52 Å². The first kappa shape index (κ1) is 15.2. The van der Waals surface area contributed by atoms with E-state index in [4.69, 9.17) is 4.52 Å². The van der Waals surface area contributed by atoms with Crippen molar-refractivity contribution >= 4 is 11.9 Å². The Morgan fingerprint density at radius 3 is 2.47 bits per heavy atom. The fourth-order valence-electron chi connectivity index (χ4n) is 1.66. The number of aromatic nitrogens is 1. The lowest BCUT2D eigenvalue weighted by atomic mass is 9.97. The predicted octanol–water partition coefficient (Wildman–Crippen LogP) is 2.09. The van der Waals surface area contributed by atoms with Crippen molar-refractivity contribution in [1.29, 1.82) is 0 Å². The lowest BCUT2D eigenvalue weighted by molar-refractivity contribution is -0.143. The average molecular weight is 268 g/mol. The molecule has 1 unspecified atom stereocenters. The zero-order chi connectivity index (χ0) is 14.8. The molecule has 1 heterocycles. The van der Waals surface area contributed by atoms with Crippen molar-refractivity contribution < 1.29 is 19.2 Å². The van der Waals surface area contributed by atoms with Gasteiger partial charge in [0, 0.05) is 5.92 Å². The number of aryl methyl sites for hydroxylation is 1. The van der Waals surface area contributed by atoms with Crippen LogP contribution in [0.2, 0.25) is 0 Å². The molecule has 0 aliphatic carbocycles. The predicted molar refractivity (Wildman–Crippen MR) is 69.1 cm³/mol. The summed E-state index contributed by atoms with van der Waals surface area (Å²) in [5.41, 5.74) is -0.504. The monoisotopic (exact) mass is 268 g/mol. The van der Waals surface area contributed by atoms with Gasteiger partial charge < -0.3 is 14.9 Å². The highest BCUT2D eigenvalue weighted by Gasteiger charge is 2.35. The van der Waals surface area contributed by atoms with E-state index in [-0.39, 0.29) is 12.3 Å². The van der Waals surface area contributed by atoms with Crippen LogP contribution < -0.4 is 5.32 Å². The number of carboxylic acids is 1. The molecule has 106 valence electrons. The van der Waals surface area contributed by atoms with Crippen molar-refractivity contribution in [3.63, 3.8) is 0 Å². The molecule has 6 heteroatoms. The normalized spacial score (nSPS) is 14.2. The van der Waals surface area contributed by atoms with E-state index < -0.39 is 17.4 Å². The number of hydrogen-bond acceptors (Lipinski definition) is 4. The van der Waals surface area contributed by atoms with E-state index in [0.29, 0.717) is 17.0 Å². The summed E-state index contributed by atoms with van der Waals surface area (Å²) in [6, 6.07) is 0. The quantitative estimate of drug-likeness (QED) is 0.853. The molecule has 1 rings (SSSR count). The lowest BCUT2D eigenvalue weighted by Gasteiger charge is -2.24. The molecule has 1 atom stereocenters. The minimum atomic E-state index is -1.30. The van der Waals surface area contributed by atoms with E-state index in [2.05, 4.69) is 10.5 Å². The van der Waals surface area contributed by atoms with Crippen molar-refractivity contribution in [2.24, 2.45) is 0 Å². The number of amides is 1. The highest BCUT2D eigenvalue weighted by Crippen LogP contribution is 2.23. The number of carbonyl (C=O) groups excluding carboxylic acids is 1. The van der Waals surface area contributed by atoms with Gasteiger partial charge in [-0.3, -0.25) is 4.79 Å². The topological polar surface area (TPSA) is 92.4 Å². The molecule has 2 N–H and O–H groups in total. The minimum absolute atomic E-state index is 0.000314. The standard InChI is InChI=1S/C13H20N2O4/c1-6-13(5,12(17)18)14-11(16)9-8(4)15-19-10(9)7(2)3/h7H,6H2,1-5H3,(H,14,16)(H,17,18). The van der Waals surface area contributed by atoms with Gasteiger partial charge in [0.1, 0.15) is 11.1 Å². The highest BCUT2D eigenvalue weighted by molar-refractivity contribution is 5.99. The molecule has 0 aliphatic rings. The Kier molecular flexibility index (Phi) is 4.34. The zero-order valence-electron chi connectivity index (χ0n) is 11.9. The van der Waals surface area contributed by atoms with E-state index in [9.17, 15) is 14.7 Å². The second kappa shape index (κ2) is 5.42. The largest absolute Gasteiger partial charge is 0.480 e. The summed E-state index contributed by atoms with van der Waals surface area (Å²) in [6.07, 6.45) is 0.287. The molecule has 19 heavy (non-hydrogen) atoms. The second-order valence-corrected chi connectivity index (χ2v) is 5.11. The Morgan fingerprint density at radius 1 is 1.47 bits per heavy atom. The van der Waals surface area contributed by atoms with Crippen LogP contribution in [0.1, 0.15) is 61.8 Å². The third-order valence-electron chi connectivity index (χ3n) is 3.21. The molecule has 0 spiro atoms. The molecular formula is C13H20N2O4. The molecule has 1 aromatic rings. The minimum Gasteiger partial charge on any atom is -0.480 e. The Labute approximate surface area is 112 Å². The van der Waals surface area contributed by atoms with Gasteiger partial charge in [-0.25, -0.2) is 4.79 Å². The Bertz CT molecular complexity index is 493. The van der Waals surface area contributed by atoms with Crippen LogP contribution in [0.25, 0.3) is 0 Å². The first-order valence-electron chi connectivity index (χ1n) is 6.25. The van der Waals surface area contributed by atoms with Gasteiger partial charge in [-0.15, -0.1) is 0 Å². The van der Waals surface area contributed by atoms with Gasteiger partial charge in [-0.05, 0) is 20.3 Å². The maximum absolute atomic E-state index is 12.3. The van der Waals surface area contributed by atoms with E-state index in [1.807, 2.05) is 13.8 Å². The Morgan fingerprint density at radius 2 is 2.05 bits per heavy atom. The van der Waals surface area contributed by atoms with Crippen molar-refractivity contribution in [2.75, 3.05) is 0 Å². The van der Waals surface area contributed by atoms with Crippen LogP contribution in [-0.4, -0.2) is 27.7 Å². The number of carboxylic acid groups (broad SMARTS) is 1. The number of aliphatic carboxylic acids is 1. The molecule has 6 nitrogen and oxygen atoms in total. The van der Waals surface area contributed by atoms with Crippen LogP contribution in [-0.2, 0) is 4.79 Å². The van der Waals surface area contributed by atoms with E-state index in [0.717, 1.165) is 0 Å². The first-order chi connectivity index (χ1) is 8.73. The average Bonchev–Trinajstić information content (AvgIpc) is 2.70. The van der Waals surface area contributed by atoms with Crippen LogP contribution >= 0.6 is 0 Å². The summed E-state index contributed by atoms with van der Waals surface area (Å²) >= 11 is 0. The number of hydrogen-bond donors (Lipinski definition) is 2. The van der Waals surface area contributed by atoms with Crippen molar-refractivity contribution in [1.82, 2.24) is 10.5 Å². The van der Waals surface area contributed by atoms with E-state index in [1.54, 1.807) is 13.8 Å². The molecule has 0 bridgehead atoms. The zero-order valence-corrected chi connectivity index (χ0v) is 11.9. The fourth-order valence-corrected chi connectivity index (χ4v) is 1.66. The van der Waals surface area contributed by atoms with Gasteiger partial charge in [-0.1, -0.05) is 25.9 Å². The van der Waals surface area contributed by atoms with Crippen LogP contribution in [0.3, 0.4) is 0 Å². The summed E-state index contributed by atoms with van der Waals surface area (Å²) in [5.74, 6) is -1.06. The van der Waals surface area contributed by atoms with Crippen molar-refractivity contribution in [3.05, 3.63) is 17.0 Å². The van der Waals surface area contributed by atoms with Crippen LogP contribution in [0, 0.1) is 6.92 Å². The summed E-state index contributed by atoms with van der Waals surface area (Å²) in [6.45, 7) is 8.61. The summed E-state index contributed by atoms with van der Waals surface area (Å²) in [4.78, 5) is 23.5. The van der Waals surface area contributed by atoms with Gasteiger partial charge in [-0.2, -0.15) is 0 Å². The molecule has 0 radical (unpaired) electrons. The van der Waals surface area contributed by atoms with Gasteiger partial charge in [0.15, 0.2) is 5.76 Å². The molecule has 0 aromatic carbocycles. The summed E-state index contributed by atoms with van der Waals surface area (Å²) in [7, 11) is 0. The third kappa shape index (κ3) is 2.94. The maximum atomic E-state index is 12.3. The molecule has 1 amide bonds. The van der Waals surface area contributed by atoms with Crippen molar-refractivity contribution in [2.45, 2.75) is 52.5 Å². The van der Waals surface area contributed by atoms with Gasteiger partial charge >= 0.3 is 5.97 Å². The Hall–Kier alpha value is -1.85. The van der Waals surface area contributed by atoms with Crippen LogP contribution in [0.5, 0.6) is 0 Å². The van der Waals surface area contributed by atoms with E-state index in [1.165, 1.54) is 6.92 Å².